The molecule has 0 amide bonds. The van der Waals surface area contributed by atoms with E-state index >= 15 is 0 Å². The molecule has 0 bridgehead atoms. The molecule has 0 fully saturated rings. The number of nitrogens with zero attached hydrogens (tertiary/aromatic N) is 1. The summed E-state index contributed by atoms with van der Waals surface area (Å²) in [5.41, 5.74) is 0.714. The summed E-state index contributed by atoms with van der Waals surface area (Å²) in [7, 11) is -2.30. The Labute approximate surface area is 150 Å². The monoisotopic (exact) mass is 376 g/mol. The predicted molar refractivity (Wildman–Crippen MR) is 95.7 cm³/mol. The van der Waals surface area contributed by atoms with Crippen LogP contribution in [0.15, 0.2) is 71.8 Å². The zero-order chi connectivity index (χ0) is 19.2. The van der Waals surface area contributed by atoms with Gasteiger partial charge < -0.3 is 9.84 Å². The molecule has 8 heteroatoms. The molecule has 2 aromatic carbocycles. The van der Waals surface area contributed by atoms with Crippen molar-refractivity contribution < 1.29 is 22.7 Å². The summed E-state index contributed by atoms with van der Waals surface area (Å²) in [6.45, 7) is 0. The van der Waals surface area contributed by atoms with Crippen molar-refractivity contribution in [1.82, 2.24) is 4.98 Å². The van der Waals surface area contributed by atoms with Crippen molar-refractivity contribution in [3.63, 3.8) is 0 Å². The SMILES string of the molecule is COc1ccccc1O.NS(=O)(=O)c1ccccc1-c1ccc(F)cn1. The number of rotatable bonds is 3. The number of benzene rings is 2. The van der Waals surface area contributed by atoms with Gasteiger partial charge in [-0.2, -0.15) is 0 Å². The second kappa shape index (κ2) is 8.41. The van der Waals surface area contributed by atoms with Crippen molar-refractivity contribution in [3.8, 4) is 22.8 Å². The number of phenolic OH excluding ortho intramolecular Hbond substituents is 1. The van der Waals surface area contributed by atoms with Crippen LogP contribution in [0.25, 0.3) is 11.3 Å². The minimum Gasteiger partial charge on any atom is -0.504 e. The largest absolute Gasteiger partial charge is 0.504 e. The molecule has 3 aromatic rings. The van der Waals surface area contributed by atoms with Crippen LogP contribution in [0.5, 0.6) is 11.5 Å². The van der Waals surface area contributed by atoms with E-state index in [1.54, 1.807) is 42.5 Å². The van der Waals surface area contributed by atoms with Gasteiger partial charge in [-0.25, -0.2) is 17.9 Å². The third kappa shape index (κ3) is 5.01. The summed E-state index contributed by atoms with van der Waals surface area (Å²) >= 11 is 0. The van der Waals surface area contributed by atoms with Crippen LogP contribution in [-0.4, -0.2) is 25.6 Å². The number of para-hydroxylation sites is 2. The highest BCUT2D eigenvalue weighted by Crippen LogP contribution is 2.24. The normalized spacial score (nSPS) is 10.6. The van der Waals surface area contributed by atoms with Crippen LogP contribution in [0.2, 0.25) is 0 Å². The number of primary sulfonamides is 1. The lowest BCUT2D eigenvalue weighted by Gasteiger charge is -2.06. The van der Waals surface area contributed by atoms with E-state index in [2.05, 4.69) is 4.98 Å². The molecule has 0 unspecified atom stereocenters. The maximum atomic E-state index is 12.7. The first-order valence-electron chi connectivity index (χ1n) is 7.38. The number of sulfonamides is 1. The van der Waals surface area contributed by atoms with Gasteiger partial charge in [0.2, 0.25) is 10.0 Å². The van der Waals surface area contributed by atoms with Crippen LogP contribution in [0.4, 0.5) is 4.39 Å². The Morgan fingerprint density at radius 2 is 1.69 bits per heavy atom. The van der Waals surface area contributed by atoms with E-state index in [1.165, 1.54) is 25.3 Å². The summed E-state index contributed by atoms with van der Waals surface area (Å²) in [5.74, 6) is 0.208. The zero-order valence-electron chi connectivity index (χ0n) is 13.8. The Hall–Kier alpha value is -2.97. The minimum atomic E-state index is -3.83. The van der Waals surface area contributed by atoms with Gasteiger partial charge >= 0.3 is 0 Å². The summed E-state index contributed by atoms with van der Waals surface area (Å²) in [6.07, 6.45) is 1.02. The number of phenols is 1. The Morgan fingerprint density at radius 3 is 2.23 bits per heavy atom. The number of nitrogens with two attached hydrogens (primary N) is 1. The standard InChI is InChI=1S/C11H9FN2O2S.C7H8O2/c12-8-5-6-10(14-7-8)9-3-1-2-4-11(9)17(13,15)16;1-9-7-5-3-2-4-6(7)8/h1-7H,(H2,13,15,16);2-5,8H,1H3. The van der Waals surface area contributed by atoms with E-state index in [9.17, 15) is 12.8 Å². The number of halogens is 1. The fraction of sp³-hybridized carbons (Fsp3) is 0.0556. The highest BCUT2D eigenvalue weighted by Gasteiger charge is 2.15. The Balaban J connectivity index is 0.000000228. The smallest absolute Gasteiger partial charge is 0.238 e. The van der Waals surface area contributed by atoms with Crippen LogP contribution in [0.3, 0.4) is 0 Å². The van der Waals surface area contributed by atoms with E-state index in [0.717, 1.165) is 6.20 Å². The average Bonchev–Trinajstić information content (AvgIpc) is 2.63. The van der Waals surface area contributed by atoms with Gasteiger partial charge in [-0.15, -0.1) is 0 Å². The van der Waals surface area contributed by atoms with E-state index in [4.69, 9.17) is 15.0 Å². The van der Waals surface area contributed by atoms with Crippen LogP contribution in [-0.2, 0) is 10.0 Å². The summed E-state index contributed by atoms with van der Waals surface area (Å²) in [5, 5.41) is 14.1. The van der Waals surface area contributed by atoms with Crippen molar-refractivity contribution in [2.24, 2.45) is 5.14 Å². The Kier molecular flexibility index (Phi) is 6.26. The number of aromatic nitrogens is 1. The summed E-state index contributed by atoms with van der Waals surface area (Å²) in [6, 6.07) is 15.6. The number of ether oxygens (including phenoxy) is 1. The third-order valence-electron chi connectivity index (χ3n) is 3.28. The zero-order valence-corrected chi connectivity index (χ0v) is 14.7. The van der Waals surface area contributed by atoms with E-state index in [1.807, 2.05) is 0 Å². The fourth-order valence-corrected chi connectivity index (χ4v) is 2.84. The van der Waals surface area contributed by atoms with E-state index < -0.39 is 15.8 Å². The number of methoxy groups -OCH3 is 1. The van der Waals surface area contributed by atoms with Crippen molar-refractivity contribution >= 4 is 10.0 Å². The molecule has 0 aliphatic heterocycles. The molecule has 136 valence electrons. The molecule has 1 aromatic heterocycles. The average molecular weight is 376 g/mol. The Bertz CT molecular complexity index is 976. The first kappa shape index (κ1) is 19.4. The molecular weight excluding hydrogens is 359 g/mol. The molecule has 0 aliphatic rings. The fourth-order valence-electron chi connectivity index (χ4n) is 2.09. The van der Waals surface area contributed by atoms with Crippen molar-refractivity contribution in [1.29, 1.82) is 0 Å². The second-order valence-corrected chi connectivity index (χ2v) is 6.60. The molecule has 26 heavy (non-hydrogen) atoms. The molecular formula is C18H17FN2O4S. The number of hydrogen-bond acceptors (Lipinski definition) is 5. The maximum Gasteiger partial charge on any atom is 0.238 e. The number of pyridine rings is 1. The lowest BCUT2D eigenvalue weighted by molar-refractivity contribution is 0.373. The third-order valence-corrected chi connectivity index (χ3v) is 4.25. The first-order valence-corrected chi connectivity index (χ1v) is 8.93. The highest BCUT2D eigenvalue weighted by molar-refractivity contribution is 7.89. The second-order valence-electron chi connectivity index (χ2n) is 5.07. The molecule has 6 nitrogen and oxygen atoms in total. The molecule has 0 saturated heterocycles. The molecule has 0 radical (unpaired) electrons. The van der Waals surface area contributed by atoms with E-state index in [-0.39, 0.29) is 10.6 Å². The van der Waals surface area contributed by atoms with Crippen molar-refractivity contribution in [3.05, 3.63) is 72.7 Å². The predicted octanol–water partition coefficient (Wildman–Crippen LogP) is 2.94. The van der Waals surface area contributed by atoms with Gasteiger partial charge in [0.1, 0.15) is 5.82 Å². The quantitative estimate of drug-likeness (QED) is 0.732. The maximum absolute atomic E-state index is 12.7. The molecule has 0 aliphatic carbocycles. The summed E-state index contributed by atoms with van der Waals surface area (Å²) < 4.78 is 40.3. The highest BCUT2D eigenvalue weighted by atomic mass is 32.2. The first-order chi connectivity index (χ1) is 12.3. The number of hydrogen-bond donors (Lipinski definition) is 2. The van der Waals surface area contributed by atoms with Crippen LogP contribution in [0, 0.1) is 5.82 Å². The van der Waals surface area contributed by atoms with Crippen molar-refractivity contribution in [2.75, 3.05) is 7.11 Å². The van der Waals surface area contributed by atoms with Gasteiger partial charge in [0, 0.05) is 5.56 Å². The van der Waals surface area contributed by atoms with Gasteiger partial charge in [0.05, 0.1) is 23.9 Å². The molecule has 0 saturated carbocycles. The van der Waals surface area contributed by atoms with Gasteiger partial charge in [-0.3, -0.25) is 4.98 Å². The van der Waals surface area contributed by atoms with Gasteiger partial charge in [0.15, 0.2) is 11.5 Å². The summed E-state index contributed by atoms with van der Waals surface area (Å²) in [4.78, 5) is 3.80. The van der Waals surface area contributed by atoms with Crippen LogP contribution in [0.1, 0.15) is 0 Å². The molecule has 0 spiro atoms. The lowest BCUT2D eigenvalue weighted by atomic mass is 10.1. The van der Waals surface area contributed by atoms with Gasteiger partial charge in [-0.05, 0) is 30.3 Å². The van der Waals surface area contributed by atoms with Crippen LogP contribution >= 0.6 is 0 Å². The minimum absolute atomic E-state index is 0.0286. The van der Waals surface area contributed by atoms with Crippen LogP contribution < -0.4 is 9.88 Å². The number of aromatic hydroxyl groups is 1. The lowest BCUT2D eigenvalue weighted by Crippen LogP contribution is -2.13. The van der Waals surface area contributed by atoms with Crippen molar-refractivity contribution in [2.45, 2.75) is 4.90 Å². The molecule has 3 rings (SSSR count). The molecule has 3 N–H and O–H groups in total. The van der Waals surface area contributed by atoms with Gasteiger partial charge in [0.25, 0.3) is 0 Å². The molecule has 0 atom stereocenters. The topological polar surface area (TPSA) is 103 Å². The molecule has 1 heterocycles. The van der Waals surface area contributed by atoms with E-state index in [0.29, 0.717) is 17.0 Å². The Morgan fingerprint density at radius 1 is 1.04 bits per heavy atom. The van der Waals surface area contributed by atoms with Gasteiger partial charge in [-0.1, -0.05) is 30.3 Å².